The van der Waals surface area contributed by atoms with E-state index in [0.29, 0.717) is 0 Å². The summed E-state index contributed by atoms with van der Waals surface area (Å²) in [5.41, 5.74) is 0. The van der Waals surface area contributed by atoms with Crippen LogP contribution in [-0.2, 0) is 9.09 Å². The van der Waals surface area contributed by atoms with Crippen LogP contribution in [0.25, 0.3) is 0 Å². The van der Waals surface area contributed by atoms with Gasteiger partial charge in [0, 0.05) is 0 Å². The van der Waals surface area contributed by atoms with Crippen molar-refractivity contribution >= 4 is 8.25 Å². The highest BCUT2D eigenvalue weighted by Crippen LogP contribution is 2.29. The molecule has 1 aliphatic carbocycles. The molecule has 0 aliphatic heterocycles. The minimum atomic E-state index is -3.44. The summed E-state index contributed by atoms with van der Waals surface area (Å²) < 4.78 is 14.6. The molecular weight excluding hydrogens is 231 g/mol. The summed E-state index contributed by atoms with van der Waals surface area (Å²) in [4.78, 5) is 8.45. The molecule has 6 N–H and O–H groups in total. The van der Waals surface area contributed by atoms with Crippen LogP contribution in [0, 0.1) is 0 Å². The van der Waals surface area contributed by atoms with Crippen LogP contribution in [0.5, 0.6) is 0 Å². The topological polar surface area (TPSA) is 148 Å². The fourth-order valence-electron chi connectivity index (χ4n) is 1.45. The second kappa shape index (κ2) is 4.86. The van der Waals surface area contributed by atoms with Crippen molar-refractivity contribution in [2.45, 2.75) is 36.6 Å². The highest BCUT2D eigenvalue weighted by molar-refractivity contribution is 7.32. The molecule has 0 spiro atoms. The molecule has 0 aromatic carbocycles. The normalized spacial score (nSPS) is 48.9. The molecule has 0 radical (unpaired) electrons. The Bertz CT molecular complexity index is 231. The lowest BCUT2D eigenvalue weighted by molar-refractivity contribution is -0.217. The molecule has 90 valence electrons. The van der Waals surface area contributed by atoms with Gasteiger partial charge in [0.25, 0.3) is 0 Å². The second-order valence-electron chi connectivity index (χ2n) is 3.30. The average molecular weight is 244 g/mol. The van der Waals surface area contributed by atoms with Crippen LogP contribution in [0.15, 0.2) is 0 Å². The van der Waals surface area contributed by atoms with Gasteiger partial charge in [-0.2, -0.15) is 0 Å². The Morgan fingerprint density at radius 2 is 1.13 bits per heavy atom. The molecule has 0 bridgehead atoms. The minimum absolute atomic E-state index is 1.62. The van der Waals surface area contributed by atoms with Crippen molar-refractivity contribution in [3.63, 3.8) is 0 Å². The molecule has 0 aromatic rings. The van der Waals surface area contributed by atoms with Crippen molar-refractivity contribution in [3.8, 4) is 0 Å². The number of aliphatic hydroxyl groups excluding tert-OH is 5. The number of hydrogen-bond donors (Lipinski definition) is 6. The van der Waals surface area contributed by atoms with Crippen LogP contribution in [0.1, 0.15) is 0 Å². The van der Waals surface area contributed by atoms with E-state index in [1.165, 1.54) is 0 Å². The Kier molecular flexibility index (Phi) is 4.21. The fourth-order valence-corrected chi connectivity index (χ4v) is 1.96. The quantitative estimate of drug-likeness (QED) is 0.275. The van der Waals surface area contributed by atoms with Gasteiger partial charge in [-0.25, -0.2) is 0 Å². The zero-order valence-electron chi connectivity index (χ0n) is 7.46. The van der Waals surface area contributed by atoms with Crippen molar-refractivity contribution < 1.29 is 39.5 Å². The van der Waals surface area contributed by atoms with E-state index >= 15 is 0 Å². The Labute approximate surface area is 85.3 Å². The first-order valence-corrected chi connectivity index (χ1v) is 5.42. The van der Waals surface area contributed by atoms with Gasteiger partial charge in [0.2, 0.25) is 0 Å². The van der Waals surface area contributed by atoms with E-state index in [1.54, 1.807) is 0 Å². The smallest absolute Gasteiger partial charge is 0.317 e. The third kappa shape index (κ3) is 2.55. The van der Waals surface area contributed by atoms with Crippen LogP contribution in [0.3, 0.4) is 0 Å². The van der Waals surface area contributed by atoms with Crippen molar-refractivity contribution in [1.29, 1.82) is 0 Å². The highest BCUT2D eigenvalue weighted by Gasteiger charge is 2.49. The van der Waals surface area contributed by atoms with Gasteiger partial charge < -0.3 is 34.9 Å². The van der Waals surface area contributed by atoms with Gasteiger partial charge in [-0.3, -0.25) is 4.57 Å². The van der Waals surface area contributed by atoms with E-state index in [-0.39, 0.29) is 0 Å². The molecule has 0 heterocycles. The third-order valence-electron chi connectivity index (χ3n) is 2.31. The van der Waals surface area contributed by atoms with E-state index in [4.69, 9.17) is 10.00 Å². The van der Waals surface area contributed by atoms with Gasteiger partial charge in [0.1, 0.15) is 36.6 Å². The monoisotopic (exact) mass is 244 g/mol. The van der Waals surface area contributed by atoms with Crippen LogP contribution in [0.4, 0.5) is 0 Å². The Balaban J connectivity index is 2.81. The van der Waals surface area contributed by atoms with Gasteiger partial charge in [-0.1, -0.05) is 0 Å². The zero-order chi connectivity index (χ0) is 11.7. The molecule has 15 heavy (non-hydrogen) atoms. The fraction of sp³-hybridized carbons (Fsp3) is 1.00. The first kappa shape index (κ1) is 13.0. The molecule has 8 nitrogen and oxygen atoms in total. The summed E-state index contributed by atoms with van der Waals surface area (Å²) in [5, 5.41) is 46.1. The summed E-state index contributed by atoms with van der Waals surface area (Å²) >= 11 is 0. The number of rotatable bonds is 2. The predicted molar refractivity (Wildman–Crippen MR) is 46.1 cm³/mol. The lowest BCUT2D eigenvalue weighted by atomic mass is 9.85. The van der Waals surface area contributed by atoms with E-state index in [9.17, 15) is 25.0 Å². The largest absolute Gasteiger partial charge is 0.387 e. The zero-order valence-corrected chi connectivity index (χ0v) is 8.46. The lowest BCUT2D eigenvalue weighted by Gasteiger charge is -2.40. The first-order chi connectivity index (χ1) is 6.86. The van der Waals surface area contributed by atoms with Crippen LogP contribution >= 0.6 is 8.25 Å². The molecule has 1 rings (SSSR count). The van der Waals surface area contributed by atoms with Crippen molar-refractivity contribution in [1.82, 2.24) is 0 Å². The van der Waals surface area contributed by atoms with Crippen molar-refractivity contribution in [3.05, 3.63) is 0 Å². The average Bonchev–Trinajstić information content (AvgIpc) is 2.18. The van der Waals surface area contributed by atoms with E-state index in [2.05, 4.69) is 4.52 Å². The van der Waals surface area contributed by atoms with E-state index in [0.717, 1.165) is 0 Å². The van der Waals surface area contributed by atoms with Gasteiger partial charge in [-0.05, 0) is 0 Å². The molecule has 1 fully saturated rings. The summed E-state index contributed by atoms with van der Waals surface area (Å²) in [6.07, 6.45) is -10.4. The minimum Gasteiger partial charge on any atom is -0.387 e. The molecule has 7 atom stereocenters. The Morgan fingerprint density at radius 3 is 1.47 bits per heavy atom. The maximum atomic E-state index is 10.4. The Morgan fingerprint density at radius 1 is 0.800 bits per heavy atom. The molecule has 0 saturated heterocycles. The summed E-state index contributed by atoms with van der Waals surface area (Å²) in [6.45, 7) is 0. The molecule has 1 unspecified atom stereocenters. The predicted octanol–water partition coefficient (Wildman–Crippen LogP) is -3.43. The van der Waals surface area contributed by atoms with E-state index < -0.39 is 44.9 Å². The van der Waals surface area contributed by atoms with Gasteiger partial charge in [0.05, 0.1) is 0 Å². The van der Waals surface area contributed by atoms with Gasteiger partial charge >= 0.3 is 8.25 Å². The van der Waals surface area contributed by atoms with Crippen molar-refractivity contribution in [2.75, 3.05) is 0 Å². The third-order valence-corrected chi connectivity index (χ3v) is 2.78. The van der Waals surface area contributed by atoms with Crippen LogP contribution in [-0.4, -0.2) is 67.0 Å². The van der Waals surface area contributed by atoms with Gasteiger partial charge in [0.15, 0.2) is 0 Å². The van der Waals surface area contributed by atoms with Crippen LogP contribution < -0.4 is 0 Å². The lowest BCUT2D eigenvalue weighted by Crippen LogP contribution is -2.63. The summed E-state index contributed by atoms with van der Waals surface area (Å²) in [5.74, 6) is 0. The molecule has 0 amide bonds. The summed E-state index contributed by atoms with van der Waals surface area (Å²) in [7, 11) is -3.44. The molecule has 9 heteroatoms. The van der Waals surface area contributed by atoms with Crippen molar-refractivity contribution in [2.24, 2.45) is 0 Å². The highest BCUT2D eigenvalue weighted by atomic mass is 31.1. The second-order valence-corrected chi connectivity index (χ2v) is 4.07. The Hall–Kier alpha value is -0.0500. The SMILES string of the molecule is O=[PH](O)O[C@@H]1[C@@H](O)[C@H](O)[C@@H](O)[C@H](O)[C@@H]1O. The molecular formula is C6H13O8P. The number of hydrogen-bond acceptors (Lipinski definition) is 7. The molecule has 1 saturated carbocycles. The van der Waals surface area contributed by atoms with E-state index in [1.807, 2.05) is 0 Å². The molecule has 1 aliphatic rings. The number of aliphatic hydroxyl groups is 5. The molecule has 0 aromatic heterocycles. The maximum absolute atomic E-state index is 10.4. The maximum Gasteiger partial charge on any atom is 0.317 e. The standard InChI is InChI=1S/C6H13O8P/c7-1-2(8)4(10)6(14-15(12)13)5(11)3(1)9/h1-11,15H,(H,12,13)/t1-,2-,3+,4-,5-,6-/m0/s1. The van der Waals surface area contributed by atoms with Crippen LogP contribution in [0.2, 0.25) is 0 Å². The van der Waals surface area contributed by atoms with Gasteiger partial charge in [-0.15, -0.1) is 0 Å². The first-order valence-electron chi connectivity index (χ1n) is 4.16. The summed E-state index contributed by atoms with van der Waals surface area (Å²) in [6, 6.07) is 0.